The first-order chi connectivity index (χ1) is 6.74. The van der Waals surface area contributed by atoms with E-state index in [1.807, 2.05) is 0 Å². The average Bonchev–Trinajstić information content (AvgIpc) is 2.20. The van der Waals surface area contributed by atoms with Crippen LogP contribution in [0.5, 0.6) is 0 Å². The molecule has 0 spiro atoms. The van der Waals surface area contributed by atoms with E-state index in [4.69, 9.17) is 5.11 Å². The molecular formula is C12H20BrOP. The molecule has 1 atom stereocenters. The van der Waals surface area contributed by atoms with Crippen molar-refractivity contribution in [3.05, 3.63) is 33.3 Å². The van der Waals surface area contributed by atoms with Crippen LogP contribution >= 0.6 is 25.8 Å². The summed E-state index contributed by atoms with van der Waals surface area (Å²) in [4.78, 5) is 0. The molecule has 0 aromatic heterocycles. The molecule has 0 saturated heterocycles. The topological polar surface area (TPSA) is 20.2 Å². The number of hydrogen-bond acceptors (Lipinski definition) is 1. The van der Waals surface area contributed by atoms with Crippen molar-refractivity contribution in [3.8, 4) is 0 Å². The summed E-state index contributed by atoms with van der Waals surface area (Å²) in [5.74, 6) is 0. The summed E-state index contributed by atoms with van der Waals surface area (Å²) >= 11 is 3.57. The normalized spacial score (nSPS) is 9.87. The quantitative estimate of drug-likeness (QED) is 0.845. The van der Waals surface area contributed by atoms with Crippen LogP contribution in [0.15, 0.2) is 16.6 Å². The minimum absolute atomic E-state index is 0. The van der Waals surface area contributed by atoms with Gasteiger partial charge in [0.15, 0.2) is 0 Å². The van der Waals surface area contributed by atoms with Gasteiger partial charge in [-0.2, -0.15) is 9.90 Å². The molecule has 15 heavy (non-hydrogen) atoms. The summed E-state index contributed by atoms with van der Waals surface area (Å²) in [6.07, 6.45) is 2.85. The third-order valence-corrected chi connectivity index (χ3v) is 3.30. The summed E-state index contributed by atoms with van der Waals surface area (Å²) in [7, 11) is 0. The van der Waals surface area contributed by atoms with Crippen LogP contribution in [0.3, 0.4) is 0 Å². The minimum atomic E-state index is 0. The summed E-state index contributed by atoms with van der Waals surface area (Å²) in [5, 5.41) is 8.96. The van der Waals surface area contributed by atoms with Gasteiger partial charge in [0.05, 0.1) is 0 Å². The van der Waals surface area contributed by atoms with Gasteiger partial charge >= 0.3 is 0 Å². The van der Waals surface area contributed by atoms with E-state index in [0.29, 0.717) is 0 Å². The van der Waals surface area contributed by atoms with Gasteiger partial charge < -0.3 is 5.11 Å². The van der Waals surface area contributed by atoms with Gasteiger partial charge in [-0.3, -0.25) is 0 Å². The Morgan fingerprint density at radius 2 is 1.73 bits per heavy atom. The fourth-order valence-corrected chi connectivity index (χ4v) is 2.54. The van der Waals surface area contributed by atoms with Crippen molar-refractivity contribution in [2.75, 3.05) is 6.61 Å². The molecule has 0 radical (unpaired) electrons. The highest BCUT2D eigenvalue weighted by molar-refractivity contribution is 9.10. The van der Waals surface area contributed by atoms with E-state index in [-0.39, 0.29) is 16.5 Å². The standard InChI is InChI=1S/C12H17BrO.H3P/c1-3-10-9(7-8-14)5-6-12(13)11(10)4-2;/h5-6,14H,3-4,7-8H2,1-2H3;1H3. The molecule has 0 fully saturated rings. The molecule has 1 unspecified atom stereocenters. The van der Waals surface area contributed by atoms with Crippen LogP contribution < -0.4 is 0 Å². The second-order valence-corrected chi connectivity index (χ2v) is 4.20. The highest BCUT2D eigenvalue weighted by Gasteiger charge is 2.08. The maximum Gasteiger partial charge on any atom is 0.0471 e. The fraction of sp³-hybridized carbons (Fsp3) is 0.500. The fourth-order valence-electron chi connectivity index (χ4n) is 1.89. The van der Waals surface area contributed by atoms with Gasteiger partial charge in [0.2, 0.25) is 0 Å². The second-order valence-electron chi connectivity index (χ2n) is 3.34. The Balaban J connectivity index is 0.00000196. The number of rotatable bonds is 4. The first-order valence-corrected chi connectivity index (χ1v) is 5.93. The number of hydrogen-bond donors (Lipinski definition) is 1. The molecule has 1 aromatic carbocycles. The van der Waals surface area contributed by atoms with Crippen LogP contribution in [0.2, 0.25) is 0 Å². The Bertz CT molecular complexity index is 313. The largest absolute Gasteiger partial charge is 0.396 e. The molecule has 1 N–H and O–H groups in total. The molecule has 1 rings (SSSR count). The molecule has 86 valence electrons. The maximum atomic E-state index is 8.96. The first kappa shape index (κ1) is 15.1. The van der Waals surface area contributed by atoms with Crippen molar-refractivity contribution in [2.24, 2.45) is 0 Å². The highest BCUT2D eigenvalue weighted by Crippen LogP contribution is 2.25. The number of benzene rings is 1. The number of aliphatic hydroxyl groups is 1. The molecule has 0 bridgehead atoms. The van der Waals surface area contributed by atoms with E-state index in [1.165, 1.54) is 21.2 Å². The summed E-state index contributed by atoms with van der Waals surface area (Å²) < 4.78 is 1.19. The number of halogens is 1. The molecule has 0 amide bonds. The summed E-state index contributed by atoms with van der Waals surface area (Å²) in [6, 6.07) is 4.20. The van der Waals surface area contributed by atoms with E-state index < -0.39 is 0 Å². The van der Waals surface area contributed by atoms with E-state index in [2.05, 4.69) is 41.9 Å². The number of aliphatic hydroxyl groups excluding tert-OH is 1. The van der Waals surface area contributed by atoms with Crippen LogP contribution in [0.25, 0.3) is 0 Å². The lowest BCUT2D eigenvalue weighted by Gasteiger charge is -2.13. The van der Waals surface area contributed by atoms with Crippen LogP contribution in [0.1, 0.15) is 30.5 Å². The molecule has 1 nitrogen and oxygen atoms in total. The van der Waals surface area contributed by atoms with Crippen LogP contribution in [-0.4, -0.2) is 11.7 Å². The van der Waals surface area contributed by atoms with Crippen molar-refractivity contribution in [1.29, 1.82) is 0 Å². The zero-order valence-corrected chi connectivity index (χ0v) is 12.5. The Morgan fingerprint density at radius 3 is 2.20 bits per heavy atom. The van der Waals surface area contributed by atoms with Crippen LogP contribution in [0.4, 0.5) is 0 Å². The molecule has 0 aliphatic rings. The molecule has 0 aliphatic carbocycles. The van der Waals surface area contributed by atoms with Gasteiger partial charge in [-0.1, -0.05) is 35.8 Å². The molecule has 0 heterocycles. The lowest BCUT2D eigenvalue weighted by molar-refractivity contribution is 0.299. The lowest BCUT2D eigenvalue weighted by Crippen LogP contribution is -2.01. The van der Waals surface area contributed by atoms with Crippen molar-refractivity contribution in [3.63, 3.8) is 0 Å². The highest BCUT2D eigenvalue weighted by atomic mass is 79.9. The van der Waals surface area contributed by atoms with Crippen molar-refractivity contribution >= 4 is 25.8 Å². The van der Waals surface area contributed by atoms with Gasteiger partial charge in [-0.05, 0) is 42.0 Å². The van der Waals surface area contributed by atoms with E-state index >= 15 is 0 Å². The third-order valence-electron chi connectivity index (χ3n) is 2.56. The molecular weight excluding hydrogens is 271 g/mol. The Hall–Kier alpha value is 0.0900. The van der Waals surface area contributed by atoms with Gasteiger partial charge in [-0.15, -0.1) is 0 Å². The van der Waals surface area contributed by atoms with Crippen LogP contribution in [0, 0.1) is 0 Å². The van der Waals surface area contributed by atoms with E-state index in [9.17, 15) is 0 Å². The Kier molecular flexibility index (Phi) is 7.42. The van der Waals surface area contributed by atoms with Crippen molar-refractivity contribution in [2.45, 2.75) is 33.1 Å². The lowest BCUT2D eigenvalue weighted by atomic mass is 9.95. The van der Waals surface area contributed by atoms with E-state index in [1.54, 1.807) is 0 Å². The maximum absolute atomic E-state index is 8.96. The van der Waals surface area contributed by atoms with Crippen molar-refractivity contribution in [1.82, 2.24) is 0 Å². The minimum Gasteiger partial charge on any atom is -0.396 e. The first-order valence-electron chi connectivity index (χ1n) is 5.14. The van der Waals surface area contributed by atoms with Gasteiger partial charge in [0.1, 0.15) is 0 Å². The predicted octanol–water partition coefficient (Wildman–Crippen LogP) is 3.17. The monoisotopic (exact) mass is 290 g/mol. The smallest absolute Gasteiger partial charge is 0.0471 e. The van der Waals surface area contributed by atoms with Gasteiger partial charge in [0.25, 0.3) is 0 Å². The second kappa shape index (κ2) is 7.38. The average molecular weight is 291 g/mol. The zero-order valence-electron chi connectivity index (χ0n) is 9.52. The molecule has 0 saturated carbocycles. The van der Waals surface area contributed by atoms with Gasteiger partial charge in [-0.25, -0.2) is 0 Å². The van der Waals surface area contributed by atoms with Gasteiger partial charge in [0, 0.05) is 11.1 Å². The summed E-state index contributed by atoms with van der Waals surface area (Å²) in [5.41, 5.74) is 4.07. The van der Waals surface area contributed by atoms with Crippen LogP contribution in [-0.2, 0) is 19.3 Å². The summed E-state index contributed by atoms with van der Waals surface area (Å²) in [6.45, 7) is 4.57. The molecule has 3 heteroatoms. The van der Waals surface area contributed by atoms with Crippen molar-refractivity contribution < 1.29 is 5.11 Å². The van der Waals surface area contributed by atoms with E-state index in [0.717, 1.165) is 19.3 Å². The molecule has 1 aromatic rings. The molecule has 0 aliphatic heterocycles. The predicted molar refractivity (Wildman–Crippen MR) is 74.8 cm³/mol. The third kappa shape index (κ3) is 3.55. The Labute approximate surface area is 104 Å². The Morgan fingerprint density at radius 1 is 1.13 bits per heavy atom. The zero-order chi connectivity index (χ0) is 10.6. The SMILES string of the molecule is CCc1c(Br)ccc(CCO)c1CC.P.